The minimum atomic E-state index is -0.398. The van der Waals surface area contributed by atoms with Crippen molar-refractivity contribution in [2.24, 2.45) is 0 Å². The molecule has 142 valence electrons. The van der Waals surface area contributed by atoms with Crippen molar-refractivity contribution in [2.75, 3.05) is 45.8 Å². The Balaban J connectivity index is 1.78. The number of pyridine rings is 1. The molecule has 27 heavy (non-hydrogen) atoms. The number of benzene rings is 1. The smallest absolute Gasteiger partial charge is 0.257 e. The summed E-state index contributed by atoms with van der Waals surface area (Å²) in [5, 5.41) is 2.77. The zero-order chi connectivity index (χ0) is 19.2. The molecule has 0 bridgehead atoms. The van der Waals surface area contributed by atoms with E-state index in [1.807, 2.05) is 0 Å². The number of methoxy groups -OCH3 is 2. The van der Waals surface area contributed by atoms with Gasteiger partial charge in [0, 0.05) is 31.5 Å². The van der Waals surface area contributed by atoms with E-state index in [1.165, 1.54) is 32.7 Å². The summed E-state index contributed by atoms with van der Waals surface area (Å²) >= 11 is 0. The van der Waals surface area contributed by atoms with Crippen molar-refractivity contribution < 1.29 is 23.8 Å². The number of morpholine rings is 1. The molecule has 0 unspecified atom stereocenters. The molecule has 0 radical (unpaired) electrons. The second kappa shape index (κ2) is 8.50. The van der Waals surface area contributed by atoms with Crippen LogP contribution in [0.15, 0.2) is 36.7 Å². The van der Waals surface area contributed by atoms with E-state index in [4.69, 9.17) is 14.2 Å². The van der Waals surface area contributed by atoms with Crippen molar-refractivity contribution in [3.63, 3.8) is 0 Å². The topological polar surface area (TPSA) is 90.0 Å². The maximum atomic E-state index is 12.6. The van der Waals surface area contributed by atoms with Crippen LogP contribution in [0.2, 0.25) is 0 Å². The van der Waals surface area contributed by atoms with E-state index in [9.17, 15) is 9.59 Å². The van der Waals surface area contributed by atoms with Gasteiger partial charge in [0.05, 0.1) is 44.2 Å². The van der Waals surface area contributed by atoms with E-state index in [0.717, 1.165) is 0 Å². The first-order valence-corrected chi connectivity index (χ1v) is 8.48. The molecule has 2 heterocycles. The molecule has 2 amide bonds. The maximum Gasteiger partial charge on any atom is 0.257 e. The lowest BCUT2D eigenvalue weighted by Crippen LogP contribution is -2.40. The molecule has 2 aromatic rings. The van der Waals surface area contributed by atoms with Crippen molar-refractivity contribution in [1.29, 1.82) is 0 Å². The first-order valence-electron chi connectivity index (χ1n) is 8.48. The summed E-state index contributed by atoms with van der Waals surface area (Å²) in [5.74, 6) is 0.517. The Morgan fingerprint density at radius 2 is 1.81 bits per heavy atom. The van der Waals surface area contributed by atoms with Crippen molar-refractivity contribution in [2.45, 2.75) is 0 Å². The fraction of sp³-hybridized carbons (Fsp3) is 0.316. The van der Waals surface area contributed by atoms with Gasteiger partial charge in [-0.2, -0.15) is 0 Å². The zero-order valence-electron chi connectivity index (χ0n) is 15.2. The van der Waals surface area contributed by atoms with Crippen LogP contribution in [-0.4, -0.2) is 62.2 Å². The Bertz CT molecular complexity index is 834. The fourth-order valence-corrected chi connectivity index (χ4v) is 2.74. The van der Waals surface area contributed by atoms with Gasteiger partial charge in [0.15, 0.2) is 0 Å². The lowest BCUT2D eigenvalue weighted by atomic mass is 10.1. The summed E-state index contributed by atoms with van der Waals surface area (Å²) in [6.07, 6.45) is 2.87. The van der Waals surface area contributed by atoms with Crippen LogP contribution < -0.4 is 14.8 Å². The fourth-order valence-electron chi connectivity index (χ4n) is 2.74. The second-order valence-electron chi connectivity index (χ2n) is 5.89. The van der Waals surface area contributed by atoms with Crippen molar-refractivity contribution in [3.8, 4) is 11.5 Å². The number of hydrogen-bond acceptors (Lipinski definition) is 6. The highest BCUT2D eigenvalue weighted by Gasteiger charge is 2.20. The molecule has 0 aliphatic carbocycles. The number of nitrogens with one attached hydrogen (secondary N) is 1. The molecule has 0 spiro atoms. The predicted molar refractivity (Wildman–Crippen MR) is 98.5 cm³/mol. The van der Waals surface area contributed by atoms with Crippen molar-refractivity contribution in [3.05, 3.63) is 47.8 Å². The van der Waals surface area contributed by atoms with Gasteiger partial charge in [-0.05, 0) is 18.2 Å². The Morgan fingerprint density at radius 3 is 2.52 bits per heavy atom. The average Bonchev–Trinajstić information content (AvgIpc) is 2.73. The summed E-state index contributed by atoms with van der Waals surface area (Å²) in [6, 6.07) is 6.63. The van der Waals surface area contributed by atoms with Crippen LogP contribution in [0.1, 0.15) is 20.7 Å². The van der Waals surface area contributed by atoms with E-state index in [0.29, 0.717) is 49.1 Å². The van der Waals surface area contributed by atoms with Crippen molar-refractivity contribution >= 4 is 17.5 Å². The number of carbonyl (C=O) groups is 2. The molecular formula is C19H21N3O5. The van der Waals surface area contributed by atoms with Gasteiger partial charge in [-0.25, -0.2) is 0 Å². The number of aromatic nitrogens is 1. The lowest BCUT2D eigenvalue weighted by Gasteiger charge is -2.26. The largest absolute Gasteiger partial charge is 0.497 e. The Morgan fingerprint density at radius 1 is 1.07 bits per heavy atom. The van der Waals surface area contributed by atoms with Crippen LogP contribution in [0, 0.1) is 0 Å². The van der Waals surface area contributed by atoms with Crippen molar-refractivity contribution in [1.82, 2.24) is 9.88 Å². The normalized spacial score (nSPS) is 13.8. The summed E-state index contributed by atoms with van der Waals surface area (Å²) in [5.41, 5.74) is 1.10. The number of carbonyl (C=O) groups excluding carboxylic acids is 2. The number of amides is 2. The monoisotopic (exact) mass is 371 g/mol. The molecule has 1 saturated heterocycles. The van der Waals surface area contributed by atoms with Gasteiger partial charge in [0.2, 0.25) is 0 Å². The quantitative estimate of drug-likeness (QED) is 0.862. The van der Waals surface area contributed by atoms with Crippen LogP contribution >= 0.6 is 0 Å². The molecule has 1 aliphatic rings. The minimum absolute atomic E-state index is 0.167. The third-order valence-electron chi connectivity index (χ3n) is 4.20. The highest BCUT2D eigenvalue weighted by atomic mass is 16.5. The minimum Gasteiger partial charge on any atom is -0.497 e. The Kier molecular flexibility index (Phi) is 5.87. The predicted octanol–water partition coefficient (Wildman–Crippen LogP) is 1.82. The standard InChI is InChI=1S/C19H21N3O5/c1-25-15-3-4-17(26-2)16(10-15)21-18(23)13-9-14(12-20-11-13)19(24)22-5-7-27-8-6-22/h3-4,9-12H,5-8H2,1-2H3,(H,21,23). The molecular weight excluding hydrogens is 350 g/mol. The third-order valence-corrected chi connectivity index (χ3v) is 4.20. The van der Waals surface area contributed by atoms with Gasteiger partial charge >= 0.3 is 0 Å². The Hall–Kier alpha value is -3.13. The van der Waals surface area contributed by atoms with E-state index < -0.39 is 5.91 Å². The highest BCUT2D eigenvalue weighted by molar-refractivity contribution is 6.06. The first kappa shape index (κ1) is 18.7. The molecule has 8 heteroatoms. The van der Waals surface area contributed by atoms with Crippen LogP contribution in [0.5, 0.6) is 11.5 Å². The summed E-state index contributed by atoms with van der Waals surface area (Å²) in [4.78, 5) is 31.0. The molecule has 1 aromatic heterocycles. The molecule has 0 atom stereocenters. The van der Waals surface area contributed by atoms with E-state index in [-0.39, 0.29) is 11.5 Å². The van der Waals surface area contributed by atoms with Gasteiger partial charge in [-0.3, -0.25) is 14.6 Å². The maximum absolute atomic E-state index is 12.6. The molecule has 1 aliphatic heterocycles. The number of nitrogens with zero attached hydrogens (tertiary/aromatic N) is 2. The van der Waals surface area contributed by atoms with Crippen LogP contribution in [0.3, 0.4) is 0 Å². The van der Waals surface area contributed by atoms with Crippen LogP contribution in [-0.2, 0) is 4.74 Å². The van der Waals surface area contributed by atoms with E-state index in [1.54, 1.807) is 23.1 Å². The highest BCUT2D eigenvalue weighted by Crippen LogP contribution is 2.29. The Labute approximate surface area is 157 Å². The number of anilines is 1. The summed E-state index contributed by atoms with van der Waals surface area (Å²) in [7, 11) is 3.05. The van der Waals surface area contributed by atoms with E-state index in [2.05, 4.69) is 10.3 Å². The number of hydrogen-bond donors (Lipinski definition) is 1. The molecule has 1 aromatic carbocycles. The molecule has 1 fully saturated rings. The molecule has 8 nitrogen and oxygen atoms in total. The zero-order valence-corrected chi connectivity index (χ0v) is 15.2. The van der Waals surface area contributed by atoms with Crippen LogP contribution in [0.25, 0.3) is 0 Å². The molecule has 3 rings (SSSR count). The lowest BCUT2D eigenvalue weighted by molar-refractivity contribution is 0.0302. The number of rotatable bonds is 5. The van der Waals surface area contributed by atoms with Gasteiger partial charge < -0.3 is 24.4 Å². The van der Waals surface area contributed by atoms with E-state index >= 15 is 0 Å². The van der Waals surface area contributed by atoms with Gasteiger partial charge in [0.1, 0.15) is 11.5 Å². The second-order valence-corrected chi connectivity index (χ2v) is 5.89. The van der Waals surface area contributed by atoms with Gasteiger partial charge in [-0.15, -0.1) is 0 Å². The molecule has 0 saturated carbocycles. The van der Waals surface area contributed by atoms with Gasteiger partial charge in [-0.1, -0.05) is 0 Å². The van der Waals surface area contributed by atoms with Crippen LogP contribution in [0.4, 0.5) is 5.69 Å². The summed E-state index contributed by atoms with van der Waals surface area (Å²) < 4.78 is 15.7. The SMILES string of the molecule is COc1ccc(OC)c(NC(=O)c2cncc(C(=O)N3CCOCC3)c2)c1. The molecule has 1 N–H and O–H groups in total. The summed E-state index contributed by atoms with van der Waals surface area (Å²) in [6.45, 7) is 2.07. The third kappa shape index (κ3) is 4.35. The average molecular weight is 371 g/mol. The first-order chi connectivity index (χ1) is 13.1. The number of ether oxygens (including phenoxy) is 3. The van der Waals surface area contributed by atoms with Gasteiger partial charge in [0.25, 0.3) is 11.8 Å².